The summed E-state index contributed by atoms with van der Waals surface area (Å²) in [5, 5.41) is 3.40. The summed E-state index contributed by atoms with van der Waals surface area (Å²) >= 11 is 8.11. The lowest BCUT2D eigenvalue weighted by atomic mass is 9.98. The summed E-state index contributed by atoms with van der Waals surface area (Å²) < 4.78 is 41.1. The van der Waals surface area contributed by atoms with E-state index >= 15 is 0 Å². The van der Waals surface area contributed by atoms with Crippen molar-refractivity contribution in [3.05, 3.63) is 67.5 Å². The van der Waals surface area contributed by atoms with Crippen LogP contribution >= 0.6 is 34.2 Å². The molecule has 0 aliphatic carbocycles. The van der Waals surface area contributed by atoms with Crippen LogP contribution in [0.1, 0.15) is 17.2 Å². The minimum absolute atomic E-state index is 0.0312. The molecule has 0 fully saturated rings. The van der Waals surface area contributed by atoms with Gasteiger partial charge in [-0.2, -0.15) is 0 Å². The van der Waals surface area contributed by atoms with E-state index in [-0.39, 0.29) is 5.56 Å². The van der Waals surface area contributed by atoms with Crippen LogP contribution in [0.15, 0.2) is 30.3 Å². The quantitative estimate of drug-likeness (QED) is 0.572. The monoisotopic (exact) mass is 411 g/mol. The highest BCUT2D eigenvalue weighted by Gasteiger charge is 2.21. The summed E-state index contributed by atoms with van der Waals surface area (Å²) in [7, 11) is 1.61. The first-order chi connectivity index (χ1) is 9.45. The highest BCUT2D eigenvalue weighted by molar-refractivity contribution is 14.1. The molecule has 2 aromatic carbocycles. The Morgan fingerprint density at radius 1 is 1.10 bits per heavy atom. The molecule has 2 rings (SSSR count). The fourth-order valence-electron chi connectivity index (χ4n) is 1.96. The third-order valence-electron chi connectivity index (χ3n) is 2.94. The van der Waals surface area contributed by atoms with E-state index in [4.69, 9.17) is 11.6 Å². The summed E-state index contributed by atoms with van der Waals surface area (Å²) in [6.45, 7) is 0. The average molecular weight is 412 g/mol. The van der Waals surface area contributed by atoms with Crippen molar-refractivity contribution in [3.8, 4) is 0 Å². The van der Waals surface area contributed by atoms with Crippen molar-refractivity contribution in [1.82, 2.24) is 5.32 Å². The van der Waals surface area contributed by atoms with E-state index in [9.17, 15) is 13.2 Å². The molecular weight excluding hydrogens is 402 g/mol. The molecule has 0 aromatic heterocycles. The van der Waals surface area contributed by atoms with Gasteiger partial charge in [0.2, 0.25) is 0 Å². The first kappa shape index (κ1) is 15.6. The van der Waals surface area contributed by atoms with Gasteiger partial charge in [0.25, 0.3) is 0 Å². The minimum atomic E-state index is -1.47. The highest BCUT2D eigenvalue weighted by atomic mass is 127. The lowest BCUT2D eigenvalue weighted by molar-refractivity contribution is 0.435. The summed E-state index contributed by atoms with van der Waals surface area (Å²) in [4.78, 5) is 0. The van der Waals surface area contributed by atoms with Gasteiger partial charge in [0, 0.05) is 9.13 Å². The van der Waals surface area contributed by atoms with Crippen LogP contribution in [0.2, 0.25) is 5.02 Å². The summed E-state index contributed by atoms with van der Waals surface area (Å²) in [6.07, 6.45) is 0. The van der Waals surface area contributed by atoms with Gasteiger partial charge < -0.3 is 5.32 Å². The molecule has 1 nitrogen and oxygen atoms in total. The van der Waals surface area contributed by atoms with Gasteiger partial charge in [-0.3, -0.25) is 0 Å². The molecule has 0 aliphatic heterocycles. The molecule has 1 N–H and O–H groups in total. The van der Waals surface area contributed by atoms with E-state index in [1.807, 2.05) is 0 Å². The third-order valence-corrected chi connectivity index (χ3v) is 4.51. The molecule has 0 heterocycles. The molecule has 0 radical (unpaired) electrons. The van der Waals surface area contributed by atoms with E-state index < -0.39 is 23.5 Å². The van der Waals surface area contributed by atoms with Crippen LogP contribution in [0, 0.1) is 21.0 Å². The Kier molecular flexibility index (Phi) is 4.93. The van der Waals surface area contributed by atoms with Gasteiger partial charge in [-0.15, -0.1) is 0 Å². The number of halogens is 5. The molecule has 0 amide bonds. The van der Waals surface area contributed by atoms with E-state index in [0.29, 0.717) is 10.6 Å². The number of hydrogen-bond donors (Lipinski definition) is 1. The zero-order chi connectivity index (χ0) is 14.9. The molecule has 0 saturated heterocycles. The molecule has 1 atom stereocenters. The summed E-state index contributed by atoms with van der Waals surface area (Å²) in [5.41, 5.74) is 0.700. The van der Waals surface area contributed by atoms with Crippen molar-refractivity contribution in [2.45, 2.75) is 6.04 Å². The Labute approximate surface area is 133 Å². The van der Waals surface area contributed by atoms with Gasteiger partial charge in [-0.25, -0.2) is 13.2 Å². The van der Waals surface area contributed by atoms with Crippen LogP contribution in [-0.4, -0.2) is 7.05 Å². The second-order valence-electron chi connectivity index (χ2n) is 4.16. The Bertz CT molecular complexity index is 649. The molecule has 6 heteroatoms. The first-order valence-corrected chi connectivity index (χ1v) is 7.17. The molecule has 0 aliphatic rings. The molecular formula is C14H10ClF3IN. The molecule has 0 saturated carbocycles. The fourth-order valence-corrected chi connectivity index (χ4v) is 2.48. The Morgan fingerprint density at radius 3 is 2.40 bits per heavy atom. The first-order valence-electron chi connectivity index (χ1n) is 5.71. The Balaban J connectivity index is 2.52. The standard InChI is InChI=1S/C14H10ClF3IN/c1-20-14(7-2-5-11(19)9(15)6-7)8-3-4-10(16)13(18)12(8)17/h2-6,14,20H,1H3. The smallest absolute Gasteiger partial charge is 0.194 e. The fraction of sp³-hybridized carbons (Fsp3) is 0.143. The lowest BCUT2D eigenvalue weighted by Crippen LogP contribution is -2.20. The molecule has 0 spiro atoms. The molecule has 2 aromatic rings. The maximum absolute atomic E-state index is 13.9. The SMILES string of the molecule is CNC(c1ccc(I)c(Cl)c1)c1ccc(F)c(F)c1F. The average Bonchev–Trinajstić information content (AvgIpc) is 2.43. The van der Waals surface area contributed by atoms with Gasteiger partial charge in [-0.1, -0.05) is 23.7 Å². The minimum Gasteiger partial charge on any atom is -0.309 e. The van der Waals surface area contributed by atoms with Crippen LogP contribution in [0.4, 0.5) is 13.2 Å². The second kappa shape index (κ2) is 6.32. The van der Waals surface area contributed by atoms with Crippen LogP contribution in [0.25, 0.3) is 0 Å². The lowest BCUT2D eigenvalue weighted by Gasteiger charge is -2.19. The number of rotatable bonds is 3. The van der Waals surface area contributed by atoms with E-state index in [1.54, 1.807) is 25.2 Å². The van der Waals surface area contributed by atoms with Crippen molar-refractivity contribution >= 4 is 34.2 Å². The molecule has 1 unspecified atom stereocenters. The van der Waals surface area contributed by atoms with Crippen LogP contribution < -0.4 is 5.32 Å². The predicted molar refractivity (Wildman–Crippen MR) is 81.4 cm³/mol. The van der Waals surface area contributed by atoms with Crippen molar-refractivity contribution in [2.24, 2.45) is 0 Å². The topological polar surface area (TPSA) is 12.0 Å². The van der Waals surface area contributed by atoms with Gasteiger partial charge in [0.15, 0.2) is 17.5 Å². The highest BCUT2D eigenvalue weighted by Crippen LogP contribution is 2.29. The van der Waals surface area contributed by atoms with Crippen molar-refractivity contribution in [1.29, 1.82) is 0 Å². The largest absolute Gasteiger partial charge is 0.309 e. The Hall–Kier alpha value is -0.790. The van der Waals surface area contributed by atoms with Gasteiger partial charge in [0.1, 0.15) is 0 Å². The number of benzene rings is 2. The maximum Gasteiger partial charge on any atom is 0.194 e. The van der Waals surface area contributed by atoms with Gasteiger partial charge in [-0.05, 0) is 53.4 Å². The van der Waals surface area contributed by atoms with E-state index in [0.717, 1.165) is 9.64 Å². The summed E-state index contributed by atoms with van der Waals surface area (Å²) in [6, 6.07) is 6.73. The molecule has 0 bridgehead atoms. The predicted octanol–water partition coefficient (Wildman–Crippen LogP) is 4.67. The second-order valence-corrected chi connectivity index (χ2v) is 5.73. The zero-order valence-corrected chi connectivity index (χ0v) is 13.3. The van der Waals surface area contributed by atoms with Crippen LogP contribution in [0.5, 0.6) is 0 Å². The number of hydrogen-bond acceptors (Lipinski definition) is 1. The normalized spacial score (nSPS) is 12.5. The Morgan fingerprint density at radius 2 is 1.80 bits per heavy atom. The van der Waals surface area contributed by atoms with Crippen molar-refractivity contribution < 1.29 is 13.2 Å². The van der Waals surface area contributed by atoms with Crippen LogP contribution in [0.3, 0.4) is 0 Å². The van der Waals surface area contributed by atoms with Crippen molar-refractivity contribution in [3.63, 3.8) is 0 Å². The third kappa shape index (κ3) is 2.94. The molecule has 106 valence electrons. The maximum atomic E-state index is 13.9. The summed E-state index contributed by atoms with van der Waals surface area (Å²) in [5.74, 6) is -3.87. The van der Waals surface area contributed by atoms with Crippen molar-refractivity contribution in [2.75, 3.05) is 7.05 Å². The zero-order valence-electron chi connectivity index (χ0n) is 10.4. The molecule has 20 heavy (non-hydrogen) atoms. The number of nitrogens with one attached hydrogen (secondary N) is 1. The van der Waals surface area contributed by atoms with E-state index in [2.05, 4.69) is 27.9 Å². The van der Waals surface area contributed by atoms with Crippen LogP contribution in [-0.2, 0) is 0 Å². The van der Waals surface area contributed by atoms with E-state index in [1.165, 1.54) is 6.07 Å². The van der Waals surface area contributed by atoms with Gasteiger partial charge in [0.05, 0.1) is 11.1 Å². The van der Waals surface area contributed by atoms with Gasteiger partial charge >= 0.3 is 0 Å².